The fourth-order valence-corrected chi connectivity index (χ4v) is 2.55. The molecule has 0 saturated carbocycles. The molecule has 3 saturated heterocycles. The van der Waals surface area contributed by atoms with Crippen LogP contribution in [0.15, 0.2) is 0 Å². The third kappa shape index (κ3) is 1.16. The first-order valence-electron chi connectivity index (χ1n) is 4.96. The van der Waals surface area contributed by atoms with Crippen LogP contribution < -0.4 is 5.73 Å². The summed E-state index contributed by atoms with van der Waals surface area (Å²) in [5.74, 6) is -0.153. The summed E-state index contributed by atoms with van der Waals surface area (Å²) < 4.78 is 0. The molecule has 1 amide bonds. The second-order valence-corrected chi connectivity index (χ2v) is 4.01. The minimum absolute atomic E-state index is 0.153. The molecule has 3 rings (SSSR count). The van der Waals surface area contributed by atoms with E-state index in [0.29, 0.717) is 0 Å². The molecule has 2 N–H and O–H groups in total. The van der Waals surface area contributed by atoms with Crippen molar-refractivity contribution >= 4 is 5.91 Å². The lowest BCUT2D eigenvalue weighted by Crippen LogP contribution is -2.72. The minimum Gasteiger partial charge on any atom is -0.368 e. The number of primary amides is 1. The summed E-state index contributed by atoms with van der Waals surface area (Å²) in [4.78, 5) is 16.1. The van der Waals surface area contributed by atoms with E-state index >= 15 is 0 Å². The number of piperazine rings is 3. The smallest absolute Gasteiger partial charge is 0.239 e. The summed E-state index contributed by atoms with van der Waals surface area (Å²) >= 11 is 0. The van der Waals surface area contributed by atoms with Crippen molar-refractivity contribution in [1.82, 2.24) is 9.80 Å². The van der Waals surface area contributed by atoms with Gasteiger partial charge in [-0.1, -0.05) is 6.92 Å². The molecule has 0 aromatic carbocycles. The SMILES string of the molecule is CCC1(C(N)=O)CN2CCN1CC2. The molecular weight excluding hydrogens is 166 g/mol. The normalized spacial score (nSPS) is 43.5. The number of amides is 1. The second kappa shape index (κ2) is 2.96. The predicted octanol–water partition coefficient (Wildman–Crippen LogP) is -0.748. The number of nitrogens with zero attached hydrogens (tertiary/aromatic N) is 2. The molecule has 4 nitrogen and oxygen atoms in total. The van der Waals surface area contributed by atoms with E-state index in [0.717, 1.165) is 39.1 Å². The van der Waals surface area contributed by atoms with Gasteiger partial charge in [0.25, 0.3) is 0 Å². The first-order valence-corrected chi connectivity index (χ1v) is 4.96. The van der Waals surface area contributed by atoms with Crippen LogP contribution >= 0.6 is 0 Å². The van der Waals surface area contributed by atoms with Crippen LogP contribution in [0.25, 0.3) is 0 Å². The van der Waals surface area contributed by atoms with Gasteiger partial charge in [0.15, 0.2) is 0 Å². The third-order valence-electron chi connectivity index (χ3n) is 3.51. The van der Waals surface area contributed by atoms with Crippen LogP contribution in [-0.4, -0.2) is 54.0 Å². The highest BCUT2D eigenvalue weighted by Crippen LogP contribution is 2.28. The molecule has 3 aliphatic heterocycles. The summed E-state index contributed by atoms with van der Waals surface area (Å²) in [5, 5.41) is 0. The number of rotatable bonds is 2. The fraction of sp³-hybridized carbons (Fsp3) is 0.889. The second-order valence-electron chi connectivity index (χ2n) is 4.01. The summed E-state index contributed by atoms with van der Waals surface area (Å²) in [6.07, 6.45) is 0.832. The van der Waals surface area contributed by atoms with Crippen LogP contribution in [0.3, 0.4) is 0 Å². The van der Waals surface area contributed by atoms with Crippen LogP contribution in [0.1, 0.15) is 13.3 Å². The van der Waals surface area contributed by atoms with E-state index in [1.165, 1.54) is 0 Å². The van der Waals surface area contributed by atoms with Crippen molar-refractivity contribution in [1.29, 1.82) is 0 Å². The molecule has 3 aliphatic rings. The first-order chi connectivity index (χ1) is 6.19. The summed E-state index contributed by atoms with van der Waals surface area (Å²) in [7, 11) is 0. The highest BCUT2D eigenvalue weighted by molar-refractivity contribution is 5.85. The van der Waals surface area contributed by atoms with E-state index in [-0.39, 0.29) is 11.4 Å². The standard InChI is InChI=1S/C9H17N3O/c1-2-9(8(10)13)7-11-3-5-12(9)6-4-11/h2-7H2,1H3,(H2,10,13). The van der Waals surface area contributed by atoms with Crippen molar-refractivity contribution in [3.8, 4) is 0 Å². The fourth-order valence-electron chi connectivity index (χ4n) is 2.55. The van der Waals surface area contributed by atoms with E-state index in [4.69, 9.17) is 5.73 Å². The summed E-state index contributed by atoms with van der Waals surface area (Å²) in [6.45, 7) is 7.06. The van der Waals surface area contributed by atoms with Gasteiger partial charge < -0.3 is 5.73 Å². The molecule has 3 fully saturated rings. The molecule has 0 aromatic rings. The van der Waals surface area contributed by atoms with E-state index < -0.39 is 0 Å². The van der Waals surface area contributed by atoms with Crippen molar-refractivity contribution < 1.29 is 4.79 Å². The van der Waals surface area contributed by atoms with Crippen molar-refractivity contribution in [2.24, 2.45) is 5.73 Å². The van der Waals surface area contributed by atoms with Crippen LogP contribution in [-0.2, 0) is 4.79 Å². The van der Waals surface area contributed by atoms with Gasteiger partial charge >= 0.3 is 0 Å². The first kappa shape index (κ1) is 8.97. The zero-order chi connectivity index (χ0) is 9.47. The largest absolute Gasteiger partial charge is 0.368 e. The maximum absolute atomic E-state index is 11.5. The molecule has 4 heteroatoms. The topological polar surface area (TPSA) is 49.6 Å². The average Bonchev–Trinajstić information content (AvgIpc) is 2.19. The Morgan fingerprint density at radius 1 is 1.38 bits per heavy atom. The highest BCUT2D eigenvalue weighted by Gasteiger charge is 2.47. The molecule has 0 aromatic heterocycles. The van der Waals surface area contributed by atoms with Gasteiger partial charge in [0, 0.05) is 32.7 Å². The molecular formula is C9H17N3O. The molecule has 74 valence electrons. The van der Waals surface area contributed by atoms with Crippen molar-refractivity contribution in [2.45, 2.75) is 18.9 Å². The number of carbonyl (C=O) groups is 1. The van der Waals surface area contributed by atoms with Crippen LogP contribution in [0.4, 0.5) is 0 Å². The van der Waals surface area contributed by atoms with Gasteiger partial charge in [-0.15, -0.1) is 0 Å². The van der Waals surface area contributed by atoms with Crippen LogP contribution in [0, 0.1) is 0 Å². The van der Waals surface area contributed by atoms with Crippen molar-refractivity contribution in [2.75, 3.05) is 32.7 Å². The Morgan fingerprint density at radius 2 is 2.00 bits per heavy atom. The average molecular weight is 183 g/mol. The number of nitrogens with two attached hydrogens (primary N) is 1. The van der Waals surface area contributed by atoms with E-state index in [1.807, 2.05) is 6.92 Å². The van der Waals surface area contributed by atoms with Gasteiger partial charge in [-0.25, -0.2) is 0 Å². The monoisotopic (exact) mass is 183 g/mol. The Kier molecular flexibility index (Phi) is 2.04. The molecule has 0 radical (unpaired) electrons. The lowest BCUT2D eigenvalue weighted by atomic mass is 9.87. The lowest BCUT2D eigenvalue weighted by molar-refractivity contribution is -0.141. The van der Waals surface area contributed by atoms with Gasteiger partial charge in [0.1, 0.15) is 5.54 Å². The van der Waals surface area contributed by atoms with Crippen molar-refractivity contribution in [3.63, 3.8) is 0 Å². The van der Waals surface area contributed by atoms with Crippen LogP contribution in [0.5, 0.6) is 0 Å². The van der Waals surface area contributed by atoms with Crippen molar-refractivity contribution in [3.05, 3.63) is 0 Å². The highest BCUT2D eigenvalue weighted by atomic mass is 16.1. The Morgan fingerprint density at radius 3 is 2.23 bits per heavy atom. The maximum atomic E-state index is 11.5. The molecule has 3 heterocycles. The van der Waals surface area contributed by atoms with E-state index in [9.17, 15) is 4.79 Å². The Hall–Kier alpha value is -0.610. The molecule has 2 bridgehead atoms. The molecule has 0 spiro atoms. The molecule has 13 heavy (non-hydrogen) atoms. The van der Waals surface area contributed by atoms with Gasteiger partial charge in [-0.05, 0) is 6.42 Å². The van der Waals surface area contributed by atoms with Crippen LogP contribution in [0.2, 0.25) is 0 Å². The number of hydrogen-bond donors (Lipinski definition) is 1. The van der Waals surface area contributed by atoms with E-state index in [2.05, 4.69) is 9.80 Å². The molecule has 0 aliphatic carbocycles. The number of hydrogen-bond acceptors (Lipinski definition) is 3. The number of fused-ring (bicyclic) bond motifs is 3. The predicted molar refractivity (Wildman–Crippen MR) is 50.2 cm³/mol. The summed E-state index contributed by atoms with van der Waals surface area (Å²) in [5.41, 5.74) is 5.13. The third-order valence-corrected chi connectivity index (χ3v) is 3.51. The zero-order valence-corrected chi connectivity index (χ0v) is 8.12. The Bertz CT molecular complexity index is 223. The lowest BCUT2D eigenvalue weighted by Gasteiger charge is -2.53. The Balaban J connectivity index is 2.25. The van der Waals surface area contributed by atoms with Gasteiger partial charge in [0.2, 0.25) is 5.91 Å². The minimum atomic E-state index is -0.365. The summed E-state index contributed by atoms with van der Waals surface area (Å²) in [6, 6.07) is 0. The quantitative estimate of drug-likeness (QED) is 0.613. The maximum Gasteiger partial charge on any atom is 0.239 e. The van der Waals surface area contributed by atoms with Gasteiger partial charge in [-0.2, -0.15) is 0 Å². The molecule has 1 atom stereocenters. The zero-order valence-electron chi connectivity index (χ0n) is 8.12. The van der Waals surface area contributed by atoms with Gasteiger partial charge in [0.05, 0.1) is 0 Å². The van der Waals surface area contributed by atoms with E-state index in [1.54, 1.807) is 0 Å². The Labute approximate surface area is 78.7 Å². The molecule has 1 unspecified atom stereocenters. The van der Waals surface area contributed by atoms with Gasteiger partial charge in [-0.3, -0.25) is 14.6 Å². The number of carbonyl (C=O) groups excluding carboxylic acids is 1.